The molecular formula is C24H34N2O5S. The Morgan fingerprint density at radius 2 is 1.88 bits per heavy atom. The predicted octanol–water partition coefficient (Wildman–Crippen LogP) is 4.50. The highest BCUT2D eigenvalue weighted by molar-refractivity contribution is 7.12. The van der Waals surface area contributed by atoms with Crippen LogP contribution in [-0.2, 0) is 16.0 Å². The number of esters is 1. The van der Waals surface area contributed by atoms with E-state index in [0.29, 0.717) is 60.1 Å². The van der Waals surface area contributed by atoms with E-state index < -0.39 is 12.0 Å². The van der Waals surface area contributed by atoms with Crippen LogP contribution >= 0.6 is 11.3 Å². The van der Waals surface area contributed by atoms with Crippen LogP contribution in [0.1, 0.15) is 75.9 Å². The number of aromatic nitrogens is 1. The molecule has 0 aliphatic rings. The van der Waals surface area contributed by atoms with E-state index >= 15 is 0 Å². The molecule has 1 unspecified atom stereocenters. The van der Waals surface area contributed by atoms with E-state index in [1.54, 1.807) is 31.7 Å². The summed E-state index contributed by atoms with van der Waals surface area (Å²) in [6.45, 7) is 13.3. The minimum atomic E-state index is -0.689. The van der Waals surface area contributed by atoms with Gasteiger partial charge in [-0.2, -0.15) is 0 Å². The van der Waals surface area contributed by atoms with Gasteiger partial charge < -0.3 is 18.9 Å². The topological polar surface area (TPSA) is 77.8 Å². The van der Waals surface area contributed by atoms with Gasteiger partial charge in [0.15, 0.2) is 5.78 Å². The molecule has 2 aromatic heterocycles. The van der Waals surface area contributed by atoms with Gasteiger partial charge in [-0.3, -0.25) is 9.59 Å². The molecule has 2 heterocycles. The molecule has 1 amide bonds. The molecule has 0 spiro atoms. The van der Waals surface area contributed by atoms with Crippen LogP contribution in [0.15, 0.2) is 17.5 Å². The van der Waals surface area contributed by atoms with Crippen molar-refractivity contribution in [1.82, 2.24) is 9.47 Å². The minimum absolute atomic E-state index is 0.173. The second-order valence-electron chi connectivity index (χ2n) is 7.47. The highest BCUT2D eigenvalue weighted by atomic mass is 32.1. The van der Waals surface area contributed by atoms with Crippen LogP contribution in [0.4, 0.5) is 0 Å². The van der Waals surface area contributed by atoms with Gasteiger partial charge >= 0.3 is 5.97 Å². The molecule has 1 atom stereocenters. The van der Waals surface area contributed by atoms with E-state index in [9.17, 15) is 14.4 Å². The summed E-state index contributed by atoms with van der Waals surface area (Å²) < 4.78 is 12.5. The zero-order valence-corrected chi connectivity index (χ0v) is 20.7. The molecular weight excluding hydrogens is 428 g/mol. The van der Waals surface area contributed by atoms with Crippen molar-refractivity contribution in [3.63, 3.8) is 0 Å². The van der Waals surface area contributed by atoms with Crippen molar-refractivity contribution in [3.05, 3.63) is 44.9 Å². The summed E-state index contributed by atoms with van der Waals surface area (Å²) in [4.78, 5) is 41.6. The van der Waals surface area contributed by atoms with Crippen molar-refractivity contribution in [3.8, 4) is 0 Å². The third kappa shape index (κ3) is 5.48. The van der Waals surface area contributed by atoms with Gasteiger partial charge in [0.2, 0.25) is 0 Å². The van der Waals surface area contributed by atoms with Crippen LogP contribution in [0.3, 0.4) is 0 Å². The first-order valence-electron chi connectivity index (χ1n) is 11.1. The lowest BCUT2D eigenvalue weighted by Crippen LogP contribution is -2.44. The standard InChI is InChI=1S/C24H34N2O5S/c1-7-25-17(5)20(16(4)21(25)24(29)31-9-3)22(27)18(6)26(13-11-14-30-8-2)23(28)19-12-10-15-32-19/h10,12,15,18H,7-9,11,13-14H2,1-6H3. The Labute approximate surface area is 194 Å². The predicted molar refractivity (Wildman–Crippen MR) is 126 cm³/mol. The average Bonchev–Trinajstić information content (AvgIpc) is 3.39. The van der Waals surface area contributed by atoms with Crippen molar-refractivity contribution in [1.29, 1.82) is 0 Å². The Morgan fingerprint density at radius 1 is 1.16 bits per heavy atom. The Morgan fingerprint density at radius 3 is 2.44 bits per heavy atom. The summed E-state index contributed by atoms with van der Waals surface area (Å²) in [5.41, 5.74) is 2.19. The van der Waals surface area contributed by atoms with E-state index in [4.69, 9.17) is 9.47 Å². The highest BCUT2D eigenvalue weighted by Crippen LogP contribution is 2.26. The summed E-state index contributed by atoms with van der Waals surface area (Å²) >= 11 is 1.35. The van der Waals surface area contributed by atoms with E-state index in [0.717, 1.165) is 0 Å². The SMILES string of the molecule is CCOCCCN(C(=O)c1cccs1)C(C)C(=O)c1c(C)c(C(=O)OCC)n(CC)c1C. The zero-order valence-electron chi connectivity index (χ0n) is 19.9. The lowest BCUT2D eigenvalue weighted by atomic mass is 9.99. The maximum atomic E-state index is 13.7. The number of hydrogen-bond donors (Lipinski definition) is 0. The molecule has 176 valence electrons. The van der Waals surface area contributed by atoms with Crippen LogP contribution in [0.2, 0.25) is 0 Å². The number of carbonyl (C=O) groups is 3. The summed E-state index contributed by atoms with van der Waals surface area (Å²) in [6.07, 6.45) is 0.630. The number of ketones is 1. The maximum absolute atomic E-state index is 13.7. The first-order valence-corrected chi connectivity index (χ1v) is 12.0. The fourth-order valence-corrected chi connectivity index (χ4v) is 4.64. The van der Waals surface area contributed by atoms with Crippen LogP contribution in [0.25, 0.3) is 0 Å². The van der Waals surface area contributed by atoms with Crippen molar-refractivity contribution in [2.75, 3.05) is 26.4 Å². The summed E-state index contributed by atoms with van der Waals surface area (Å²) in [7, 11) is 0. The molecule has 0 radical (unpaired) electrons. The maximum Gasteiger partial charge on any atom is 0.355 e. The van der Waals surface area contributed by atoms with Crippen molar-refractivity contribution < 1.29 is 23.9 Å². The number of amides is 1. The van der Waals surface area contributed by atoms with E-state index in [2.05, 4.69) is 0 Å². The number of hydrogen-bond acceptors (Lipinski definition) is 6. The van der Waals surface area contributed by atoms with Crippen LogP contribution < -0.4 is 0 Å². The normalized spacial score (nSPS) is 11.9. The minimum Gasteiger partial charge on any atom is -0.461 e. The molecule has 0 saturated heterocycles. The first kappa shape index (κ1) is 25.8. The summed E-state index contributed by atoms with van der Waals surface area (Å²) in [5.74, 6) is -0.794. The van der Waals surface area contributed by atoms with Gasteiger partial charge in [-0.1, -0.05) is 6.07 Å². The van der Waals surface area contributed by atoms with Crippen LogP contribution in [0.5, 0.6) is 0 Å². The van der Waals surface area contributed by atoms with Gasteiger partial charge in [-0.15, -0.1) is 11.3 Å². The highest BCUT2D eigenvalue weighted by Gasteiger charge is 2.33. The lowest BCUT2D eigenvalue weighted by molar-refractivity contribution is 0.0512. The number of rotatable bonds is 12. The smallest absolute Gasteiger partial charge is 0.355 e. The Hall–Kier alpha value is -2.45. The third-order valence-corrected chi connectivity index (χ3v) is 6.39. The largest absolute Gasteiger partial charge is 0.461 e. The average molecular weight is 463 g/mol. The molecule has 0 N–H and O–H groups in total. The number of nitrogens with zero attached hydrogens (tertiary/aromatic N) is 2. The Bertz CT molecular complexity index is 933. The second-order valence-corrected chi connectivity index (χ2v) is 8.41. The van der Waals surface area contributed by atoms with Gasteiger partial charge in [0.05, 0.1) is 17.5 Å². The van der Waals surface area contributed by atoms with Gasteiger partial charge in [0.1, 0.15) is 5.69 Å². The Balaban J connectivity index is 2.41. The van der Waals surface area contributed by atoms with E-state index in [-0.39, 0.29) is 18.3 Å². The van der Waals surface area contributed by atoms with Crippen LogP contribution in [0, 0.1) is 13.8 Å². The number of ether oxygens (including phenoxy) is 2. The molecule has 2 aromatic rings. The molecule has 0 fully saturated rings. The van der Waals surface area contributed by atoms with Crippen molar-refractivity contribution in [2.24, 2.45) is 0 Å². The van der Waals surface area contributed by atoms with E-state index in [1.807, 2.05) is 36.8 Å². The monoisotopic (exact) mass is 462 g/mol. The third-order valence-electron chi connectivity index (χ3n) is 5.53. The molecule has 32 heavy (non-hydrogen) atoms. The lowest BCUT2D eigenvalue weighted by Gasteiger charge is -2.28. The van der Waals surface area contributed by atoms with Gasteiger partial charge in [0.25, 0.3) is 5.91 Å². The fourth-order valence-electron chi connectivity index (χ4n) is 3.96. The quantitative estimate of drug-likeness (QED) is 0.264. The first-order chi connectivity index (χ1) is 15.3. The molecule has 0 aromatic carbocycles. The molecule has 0 bridgehead atoms. The Kier molecular flexibility index (Phi) is 9.65. The summed E-state index contributed by atoms with van der Waals surface area (Å²) in [5, 5.41) is 1.85. The zero-order chi connectivity index (χ0) is 23.8. The molecule has 7 nitrogen and oxygen atoms in total. The number of carbonyl (C=O) groups excluding carboxylic acids is 3. The molecule has 0 aliphatic heterocycles. The molecule has 0 aliphatic carbocycles. The van der Waals surface area contributed by atoms with Gasteiger partial charge in [0, 0.05) is 37.6 Å². The number of Topliss-reactive ketones (excluding diaryl/α,β-unsaturated/α-hetero) is 1. The van der Waals surface area contributed by atoms with Gasteiger partial charge in [-0.25, -0.2) is 4.79 Å². The van der Waals surface area contributed by atoms with Crippen molar-refractivity contribution in [2.45, 2.75) is 60.5 Å². The van der Waals surface area contributed by atoms with Crippen LogP contribution in [-0.4, -0.2) is 59.5 Å². The van der Waals surface area contributed by atoms with Crippen molar-refractivity contribution >= 4 is 29.0 Å². The molecule has 0 saturated carbocycles. The summed E-state index contributed by atoms with van der Waals surface area (Å²) in [6, 6.07) is 2.90. The molecule has 2 rings (SSSR count). The second kappa shape index (κ2) is 12.0. The number of thiophene rings is 1. The van der Waals surface area contributed by atoms with Gasteiger partial charge in [-0.05, 0) is 65.0 Å². The molecule has 8 heteroatoms. The fraction of sp³-hybridized carbons (Fsp3) is 0.542. The van der Waals surface area contributed by atoms with E-state index in [1.165, 1.54) is 11.3 Å².